The molecule has 6 heteroatoms. The number of hydrogen-bond acceptors (Lipinski definition) is 4. The van der Waals surface area contributed by atoms with Crippen LogP contribution in [-0.2, 0) is 16.6 Å². The summed E-state index contributed by atoms with van der Waals surface area (Å²) in [6.45, 7) is 9.41. The molecular weight excluding hydrogens is 286 g/mol. The first-order chi connectivity index (χ1) is 9.85. The highest BCUT2D eigenvalue weighted by Crippen LogP contribution is 2.09. The van der Waals surface area contributed by atoms with Crippen LogP contribution >= 0.6 is 0 Å². The number of nitrogens with zero attached hydrogens (tertiary/aromatic N) is 2. The molecule has 0 fully saturated rings. The molecule has 0 radical (unpaired) electrons. The van der Waals surface area contributed by atoms with Crippen LogP contribution in [0.4, 0.5) is 0 Å². The summed E-state index contributed by atoms with van der Waals surface area (Å²) in [6.07, 6.45) is 0.623. The Kier molecular flexibility index (Phi) is 7.28. The van der Waals surface area contributed by atoms with E-state index in [1.165, 1.54) is 4.31 Å². The molecule has 0 aliphatic rings. The van der Waals surface area contributed by atoms with Gasteiger partial charge >= 0.3 is 0 Å². The van der Waals surface area contributed by atoms with E-state index in [0.717, 1.165) is 17.9 Å². The maximum Gasteiger partial charge on any atom is 0.214 e. The Morgan fingerprint density at radius 2 is 2.05 bits per heavy atom. The first-order valence-corrected chi connectivity index (χ1v) is 9.10. The number of nitrogens with one attached hydrogen (secondary N) is 1. The van der Waals surface area contributed by atoms with Crippen molar-refractivity contribution in [3.8, 4) is 0 Å². The fourth-order valence-corrected chi connectivity index (χ4v) is 3.54. The van der Waals surface area contributed by atoms with Crippen LogP contribution in [0.5, 0.6) is 0 Å². The minimum Gasteiger partial charge on any atom is -0.314 e. The maximum absolute atomic E-state index is 12.4. The molecule has 0 aliphatic heterocycles. The molecule has 120 valence electrons. The summed E-state index contributed by atoms with van der Waals surface area (Å²) in [7, 11) is -3.23. The van der Waals surface area contributed by atoms with Crippen molar-refractivity contribution in [1.82, 2.24) is 14.6 Å². The Morgan fingerprint density at radius 3 is 2.62 bits per heavy atom. The van der Waals surface area contributed by atoms with Crippen LogP contribution in [0.1, 0.15) is 38.6 Å². The summed E-state index contributed by atoms with van der Waals surface area (Å²) >= 11 is 0. The molecular formula is C15H27N3O2S. The highest BCUT2D eigenvalue weighted by Gasteiger charge is 2.20. The number of rotatable bonds is 9. The first-order valence-electron chi connectivity index (χ1n) is 7.49. The normalized spacial score (nSPS) is 12.3. The molecule has 5 nitrogen and oxygen atoms in total. The lowest BCUT2D eigenvalue weighted by Crippen LogP contribution is -2.34. The van der Waals surface area contributed by atoms with Gasteiger partial charge < -0.3 is 5.32 Å². The minimum absolute atomic E-state index is 0.173. The summed E-state index contributed by atoms with van der Waals surface area (Å²) in [5.41, 5.74) is 1.70. The quantitative estimate of drug-likeness (QED) is 0.708. The zero-order chi connectivity index (χ0) is 15.9. The molecule has 1 heterocycles. The summed E-state index contributed by atoms with van der Waals surface area (Å²) < 4.78 is 26.2. The molecule has 0 aliphatic carbocycles. The Hall–Kier alpha value is -0.980. The Morgan fingerprint density at radius 1 is 1.33 bits per heavy atom. The summed E-state index contributed by atoms with van der Waals surface area (Å²) in [5, 5.41) is 3.24. The fraction of sp³-hybridized carbons (Fsp3) is 0.667. The predicted molar refractivity (Wildman–Crippen MR) is 86.6 cm³/mol. The van der Waals surface area contributed by atoms with Gasteiger partial charge in [0.2, 0.25) is 10.0 Å². The van der Waals surface area contributed by atoms with Crippen molar-refractivity contribution in [1.29, 1.82) is 0 Å². The molecule has 1 rings (SSSR count). The van der Waals surface area contributed by atoms with Gasteiger partial charge in [-0.2, -0.15) is 4.31 Å². The van der Waals surface area contributed by atoms with E-state index in [1.807, 2.05) is 32.0 Å². The molecule has 0 saturated heterocycles. The predicted octanol–water partition coefficient (Wildman–Crippen LogP) is 1.93. The third-order valence-electron chi connectivity index (χ3n) is 3.16. The van der Waals surface area contributed by atoms with Gasteiger partial charge in [-0.1, -0.05) is 26.8 Å². The Labute approximate surface area is 128 Å². The van der Waals surface area contributed by atoms with Gasteiger partial charge in [0.1, 0.15) is 0 Å². The lowest BCUT2D eigenvalue weighted by atomic mass is 10.3. The van der Waals surface area contributed by atoms with Gasteiger partial charge in [0, 0.05) is 18.3 Å². The van der Waals surface area contributed by atoms with Crippen LogP contribution in [0.2, 0.25) is 0 Å². The van der Waals surface area contributed by atoms with Crippen molar-refractivity contribution in [2.24, 2.45) is 0 Å². The average Bonchev–Trinajstić information content (AvgIpc) is 2.40. The molecule has 1 aromatic rings. The van der Waals surface area contributed by atoms with Crippen LogP contribution < -0.4 is 5.32 Å². The number of pyridine rings is 1. The van der Waals surface area contributed by atoms with Crippen LogP contribution in [0, 0.1) is 6.92 Å². The average molecular weight is 313 g/mol. The zero-order valence-electron chi connectivity index (χ0n) is 13.5. The fourth-order valence-electron chi connectivity index (χ4n) is 2.05. The monoisotopic (exact) mass is 313 g/mol. The molecule has 1 N–H and O–H groups in total. The number of sulfonamides is 1. The van der Waals surface area contributed by atoms with E-state index in [2.05, 4.69) is 24.1 Å². The van der Waals surface area contributed by atoms with E-state index >= 15 is 0 Å². The minimum atomic E-state index is -3.23. The van der Waals surface area contributed by atoms with Crippen LogP contribution in [0.3, 0.4) is 0 Å². The molecule has 0 amide bonds. The van der Waals surface area contributed by atoms with Crippen LogP contribution in [-0.4, -0.2) is 42.6 Å². The van der Waals surface area contributed by atoms with E-state index in [1.54, 1.807) is 0 Å². The number of aromatic nitrogens is 1. The molecule has 21 heavy (non-hydrogen) atoms. The van der Waals surface area contributed by atoms with Gasteiger partial charge in [-0.15, -0.1) is 0 Å². The maximum atomic E-state index is 12.4. The molecule has 0 unspecified atom stereocenters. The smallest absolute Gasteiger partial charge is 0.214 e. The van der Waals surface area contributed by atoms with E-state index in [-0.39, 0.29) is 5.75 Å². The standard InChI is InChI=1S/C15H27N3O2S/c1-5-18(12-15-9-6-8-14(4)17-15)21(19,20)11-7-10-16-13(2)3/h6,8-9,13,16H,5,7,10-12H2,1-4H3. The van der Waals surface area contributed by atoms with Crippen molar-refractivity contribution < 1.29 is 8.42 Å². The molecule has 0 atom stereocenters. The second kappa shape index (κ2) is 8.46. The first kappa shape index (κ1) is 18.1. The van der Waals surface area contributed by atoms with Gasteiger partial charge in [-0.05, 0) is 32.0 Å². The second-order valence-corrected chi connectivity index (χ2v) is 7.56. The number of hydrogen-bond donors (Lipinski definition) is 1. The van der Waals surface area contributed by atoms with Gasteiger partial charge in [0.25, 0.3) is 0 Å². The van der Waals surface area contributed by atoms with Gasteiger partial charge in [-0.3, -0.25) is 4.98 Å². The summed E-state index contributed by atoms with van der Waals surface area (Å²) in [6, 6.07) is 6.06. The van der Waals surface area contributed by atoms with Gasteiger partial charge in [0.15, 0.2) is 0 Å². The SMILES string of the molecule is CCN(Cc1cccc(C)n1)S(=O)(=O)CCCNC(C)C. The molecule has 0 saturated carbocycles. The van der Waals surface area contributed by atoms with Crippen molar-refractivity contribution in [3.63, 3.8) is 0 Å². The third kappa shape index (κ3) is 6.54. The number of aryl methyl sites for hydroxylation is 1. The molecule has 1 aromatic heterocycles. The van der Waals surface area contributed by atoms with Crippen molar-refractivity contribution in [3.05, 3.63) is 29.6 Å². The largest absolute Gasteiger partial charge is 0.314 e. The highest BCUT2D eigenvalue weighted by molar-refractivity contribution is 7.89. The van der Waals surface area contributed by atoms with Crippen molar-refractivity contribution in [2.75, 3.05) is 18.8 Å². The van der Waals surface area contributed by atoms with E-state index in [9.17, 15) is 8.42 Å². The van der Waals surface area contributed by atoms with Crippen LogP contribution in [0.15, 0.2) is 18.2 Å². The van der Waals surface area contributed by atoms with Crippen LogP contribution in [0.25, 0.3) is 0 Å². The lowest BCUT2D eigenvalue weighted by molar-refractivity contribution is 0.417. The molecule has 0 bridgehead atoms. The van der Waals surface area contributed by atoms with E-state index < -0.39 is 10.0 Å². The topological polar surface area (TPSA) is 62.3 Å². The lowest BCUT2D eigenvalue weighted by Gasteiger charge is -2.20. The Balaban J connectivity index is 2.61. The van der Waals surface area contributed by atoms with Gasteiger partial charge in [-0.25, -0.2) is 8.42 Å². The summed E-state index contributed by atoms with van der Waals surface area (Å²) in [5.74, 6) is 0.173. The van der Waals surface area contributed by atoms with E-state index in [4.69, 9.17) is 0 Å². The zero-order valence-corrected chi connectivity index (χ0v) is 14.3. The third-order valence-corrected chi connectivity index (χ3v) is 5.14. The highest BCUT2D eigenvalue weighted by atomic mass is 32.2. The summed E-state index contributed by atoms with van der Waals surface area (Å²) in [4.78, 5) is 4.38. The van der Waals surface area contributed by atoms with Gasteiger partial charge in [0.05, 0.1) is 18.0 Å². The molecule has 0 aromatic carbocycles. The van der Waals surface area contributed by atoms with Crippen molar-refractivity contribution >= 4 is 10.0 Å². The van der Waals surface area contributed by atoms with E-state index in [0.29, 0.717) is 25.6 Å². The molecule has 0 spiro atoms. The second-order valence-electron chi connectivity index (χ2n) is 5.47. The Bertz CT molecular complexity index is 529. The van der Waals surface area contributed by atoms with Crippen molar-refractivity contribution in [2.45, 2.75) is 46.7 Å².